The summed E-state index contributed by atoms with van der Waals surface area (Å²) in [6, 6.07) is 13.4. The summed E-state index contributed by atoms with van der Waals surface area (Å²) in [7, 11) is 0. The Morgan fingerprint density at radius 2 is 2.17 bits per heavy atom. The zero-order valence-electron chi connectivity index (χ0n) is 12.4. The van der Waals surface area contributed by atoms with E-state index in [1.54, 1.807) is 35.2 Å². The molecule has 0 aliphatic rings. The Bertz CT molecular complexity index is 886. The van der Waals surface area contributed by atoms with Gasteiger partial charge in [-0.1, -0.05) is 29.4 Å². The highest BCUT2D eigenvalue weighted by atomic mass is 35.5. The van der Waals surface area contributed by atoms with Crippen LogP contribution >= 0.6 is 34.7 Å². The van der Waals surface area contributed by atoms with Gasteiger partial charge in [0.1, 0.15) is 5.75 Å². The number of ether oxygens (including phenoxy) is 1. The van der Waals surface area contributed by atoms with Crippen molar-refractivity contribution in [2.75, 3.05) is 6.61 Å². The van der Waals surface area contributed by atoms with E-state index in [0.717, 1.165) is 31.6 Å². The van der Waals surface area contributed by atoms with Gasteiger partial charge in [0.2, 0.25) is 0 Å². The molecule has 116 valence electrons. The van der Waals surface area contributed by atoms with Crippen LogP contribution in [0.1, 0.15) is 18.1 Å². The van der Waals surface area contributed by atoms with E-state index >= 15 is 0 Å². The number of nitriles is 1. The first-order valence-corrected chi connectivity index (χ1v) is 9.22. The van der Waals surface area contributed by atoms with E-state index in [2.05, 4.69) is 11.1 Å². The van der Waals surface area contributed by atoms with Gasteiger partial charge in [-0.15, -0.1) is 11.3 Å². The molecule has 23 heavy (non-hydrogen) atoms. The van der Waals surface area contributed by atoms with Gasteiger partial charge in [-0.25, -0.2) is 4.98 Å². The van der Waals surface area contributed by atoms with Crippen molar-refractivity contribution >= 4 is 44.9 Å². The minimum absolute atomic E-state index is 0.576. The number of thiazole rings is 1. The average molecular weight is 361 g/mol. The summed E-state index contributed by atoms with van der Waals surface area (Å²) in [5.41, 5.74) is 2.56. The van der Waals surface area contributed by atoms with Gasteiger partial charge >= 0.3 is 0 Å². The van der Waals surface area contributed by atoms with Crippen molar-refractivity contribution in [3.8, 4) is 11.8 Å². The summed E-state index contributed by atoms with van der Waals surface area (Å²) in [5.74, 6) is 1.60. The van der Waals surface area contributed by atoms with Crippen molar-refractivity contribution in [2.24, 2.45) is 0 Å². The third-order valence-electron chi connectivity index (χ3n) is 3.18. The maximum Gasteiger partial charge on any atom is 0.151 e. The number of nitrogens with zero attached hydrogens (tertiary/aromatic N) is 2. The molecule has 0 amide bonds. The maximum absolute atomic E-state index is 8.87. The first kappa shape index (κ1) is 16.1. The highest BCUT2D eigenvalue weighted by Gasteiger charge is 2.08. The molecule has 3 nitrogen and oxygen atoms in total. The van der Waals surface area contributed by atoms with Crippen molar-refractivity contribution in [3.05, 3.63) is 52.5 Å². The van der Waals surface area contributed by atoms with Crippen LogP contribution in [0.5, 0.6) is 5.75 Å². The summed E-state index contributed by atoms with van der Waals surface area (Å²) < 4.78 is 7.63. The third-order valence-corrected chi connectivity index (χ3v) is 5.75. The standard InChI is InChI=1S/C17H13ClN2OS2/c1-2-21-13-5-6-15-16(8-13)23-17(20-15)22-10-12-4-3-11(9-19)7-14(12)18/h3-8H,2,10H2,1H3. The van der Waals surface area contributed by atoms with E-state index in [1.807, 2.05) is 31.2 Å². The fraction of sp³-hybridized carbons (Fsp3) is 0.176. The molecule has 0 bridgehead atoms. The highest BCUT2D eigenvalue weighted by molar-refractivity contribution is 8.00. The Labute approximate surface area is 147 Å². The van der Waals surface area contributed by atoms with Crippen LogP contribution < -0.4 is 4.74 Å². The zero-order chi connectivity index (χ0) is 16.2. The van der Waals surface area contributed by atoms with Gasteiger partial charge in [0.25, 0.3) is 0 Å². The number of aromatic nitrogens is 1. The van der Waals surface area contributed by atoms with Crippen LogP contribution in [0.2, 0.25) is 5.02 Å². The Morgan fingerprint density at radius 1 is 1.30 bits per heavy atom. The van der Waals surface area contributed by atoms with E-state index in [1.165, 1.54) is 0 Å². The van der Waals surface area contributed by atoms with Gasteiger partial charge in [-0.2, -0.15) is 5.26 Å². The number of halogens is 1. The molecular formula is C17H13ClN2OS2. The number of hydrogen-bond donors (Lipinski definition) is 0. The SMILES string of the molecule is CCOc1ccc2nc(SCc3ccc(C#N)cc3Cl)sc2c1. The number of thioether (sulfide) groups is 1. The van der Waals surface area contributed by atoms with Crippen molar-refractivity contribution in [1.82, 2.24) is 4.98 Å². The lowest BCUT2D eigenvalue weighted by molar-refractivity contribution is 0.341. The van der Waals surface area contributed by atoms with Crippen molar-refractivity contribution in [2.45, 2.75) is 17.0 Å². The second-order valence-corrected chi connectivity index (χ2v) is 7.41. The van der Waals surface area contributed by atoms with Gasteiger partial charge in [0.05, 0.1) is 28.5 Å². The van der Waals surface area contributed by atoms with Gasteiger partial charge in [0, 0.05) is 10.8 Å². The lowest BCUT2D eigenvalue weighted by atomic mass is 10.2. The predicted octanol–water partition coefficient (Wildman–Crippen LogP) is 5.51. The van der Waals surface area contributed by atoms with Gasteiger partial charge in [0.15, 0.2) is 4.34 Å². The first-order valence-electron chi connectivity index (χ1n) is 7.04. The second kappa shape index (κ2) is 7.22. The fourth-order valence-electron chi connectivity index (χ4n) is 2.08. The Balaban J connectivity index is 1.75. The van der Waals surface area contributed by atoms with Gasteiger partial charge < -0.3 is 4.74 Å². The van der Waals surface area contributed by atoms with Crippen molar-refractivity contribution in [3.63, 3.8) is 0 Å². The number of rotatable bonds is 5. The topological polar surface area (TPSA) is 45.9 Å². The largest absolute Gasteiger partial charge is 0.494 e. The smallest absolute Gasteiger partial charge is 0.151 e. The molecule has 0 aliphatic heterocycles. The van der Waals surface area contributed by atoms with E-state index in [-0.39, 0.29) is 0 Å². The van der Waals surface area contributed by atoms with Crippen LogP contribution in [-0.4, -0.2) is 11.6 Å². The second-order valence-electron chi connectivity index (χ2n) is 4.75. The molecule has 6 heteroatoms. The molecular weight excluding hydrogens is 348 g/mol. The Hall–Kier alpha value is -1.74. The van der Waals surface area contributed by atoms with E-state index < -0.39 is 0 Å². The van der Waals surface area contributed by atoms with Crippen LogP contribution in [-0.2, 0) is 5.75 Å². The highest BCUT2D eigenvalue weighted by Crippen LogP contribution is 2.34. The number of benzene rings is 2. The molecule has 0 spiro atoms. The molecule has 3 aromatic rings. The van der Waals surface area contributed by atoms with Crippen LogP contribution in [0.3, 0.4) is 0 Å². The molecule has 0 unspecified atom stereocenters. The number of fused-ring (bicyclic) bond motifs is 1. The van der Waals surface area contributed by atoms with E-state index in [0.29, 0.717) is 17.2 Å². The Kier molecular flexibility index (Phi) is 5.06. The minimum atomic E-state index is 0.576. The summed E-state index contributed by atoms with van der Waals surface area (Å²) in [6.45, 7) is 2.63. The molecule has 0 fully saturated rings. The first-order chi connectivity index (χ1) is 11.2. The Morgan fingerprint density at radius 3 is 2.91 bits per heavy atom. The van der Waals surface area contributed by atoms with Crippen molar-refractivity contribution in [1.29, 1.82) is 5.26 Å². The molecule has 0 N–H and O–H groups in total. The lowest BCUT2D eigenvalue weighted by Gasteiger charge is -2.02. The minimum Gasteiger partial charge on any atom is -0.494 e. The van der Waals surface area contributed by atoms with Crippen LogP contribution in [0.4, 0.5) is 0 Å². The number of hydrogen-bond acceptors (Lipinski definition) is 5. The third kappa shape index (κ3) is 3.78. The molecule has 1 aromatic heterocycles. The van der Waals surface area contributed by atoms with Gasteiger partial charge in [-0.3, -0.25) is 0 Å². The quantitative estimate of drug-likeness (QED) is 0.562. The van der Waals surface area contributed by atoms with E-state index in [4.69, 9.17) is 21.6 Å². The maximum atomic E-state index is 8.87. The molecule has 0 aliphatic carbocycles. The molecule has 0 saturated heterocycles. The molecule has 3 rings (SSSR count). The average Bonchev–Trinajstić information content (AvgIpc) is 2.96. The van der Waals surface area contributed by atoms with Crippen molar-refractivity contribution < 1.29 is 4.74 Å². The molecule has 0 saturated carbocycles. The predicted molar refractivity (Wildman–Crippen MR) is 96.5 cm³/mol. The molecule has 0 radical (unpaired) electrons. The summed E-state index contributed by atoms with van der Waals surface area (Å²) >= 11 is 9.50. The summed E-state index contributed by atoms with van der Waals surface area (Å²) in [6.07, 6.45) is 0. The van der Waals surface area contributed by atoms with Crippen LogP contribution in [0, 0.1) is 11.3 Å². The summed E-state index contributed by atoms with van der Waals surface area (Å²) in [4.78, 5) is 4.62. The molecule has 1 heterocycles. The monoisotopic (exact) mass is 360 g/mol. The fourth-order valence-corrected chi connectivity index (χ4v) is 4.50. The molecule has 0 atom stereocenters. The lowest BCUT2D eigenvalue weighted by Crippen LogP contribution is -1.89. The summed E-state index contributed by atoms with van der Waals surface area (Å²) in [5, 5.41) is 9.49. The molecule has 2 aromatic carbocycles. The van der Waals surface area contributed by atoms with E-state index in [9.17, 15) is 0 Å². The van der Waals surface area contributed by atoms with Crippen LogP contribution in [0.15, 0.2) is 40.7 Å². The van der Waals surface area contributed by atoms with Crippen LogP contribution in [0.25, 0.3) is 10.2 Å². The normalized spacial score (nSPS) is 10.7. The zero-order valence-corrected chi connectivity index (χ0v) is 14.8. The van der Waals surface area contributed by atoms with Gasteiger partial charge in [-0.05, 0) is 42.8 Å².